The van der Waals surface area contributed by atoms with E-state index in [1.807, 2.05) is 30.3 Å². The van der Waals surface area contributed by atoms with E-state index >= 15 is 0 Å². The van der Waals surface area contributed by atoms with Gasteiger partial charge < -0.3 is 5.11 Å². The van der Waals surface area contributed by atoms with Crippen molar-refractivity contribution in [2.45, 2.75) is 6.42 Å². The molecule has 0 atom stereocenters. The first kappa shape index (κ1) is 10.8. The molecule has 2 aromatic heterocycles. The second kappa shape index (κ2) is 4.90. The summed E-state index contributed by atoms with van der Waals surface area (Å²) in [6.07, 6.45) is 2.36. The van der Waals surface area contributed by atoms with Gasteiger partial charge in [0.05, 0.1) is 10.6 Å². The standard InChI is InChI=1S/C12H10FNOS/c13-9(8-15)7-10-4-5-12(16-10)11-3-1-2-6-14-11/h1-6,8,15H,7H2/b9-8-. The van der Waals surface area contributed by atoms with Crippen LogP contribution in [0.25, 0.3) is 10.6 Å². The fraction of sp³-hybridized carbons (Fsp3) is 0.0833. The van der Waals surface area contributed by atoms with Gasteiger partial charge in [0.1, 0.15) is 12.1 Å². The van der Waals surface area contributed by atoms with Crippen LogP contribution in [0.5, 0.6) is 0 Å². The maximum Gasteiger partial charge on any atom is 0.139 e. The molecule has 0 saturated carbocycles. The summed E-state index contributed by atoms with van der Waals surface area (Å²) in [5.41, 5.74) is 0.882. The van der Waals surface area contributed by atoms with E-state index in [0.29, 0.717) is 6.26 Å². The number of aromatic nitrogens is 1. The van der Waals surface area contributed by atoms with Gasteiger partial charge in [-0.25, -0.2) is 4.39 Å². The van der Waals surface area contributed by atoms with Crippen molar-refractivity contribution in [2.75, 3.05) is 0 Å². The van der Waals surface area contributed by atoms with E-state index in [1.54, 1.807) is 6.20 Å². The summed E-state index contributed by atoms with van der Waals surface area (Å²) in [4.78, 5) is 6.08. The molecule has 2 nitrogen and oxygen atoms in total. The van der Waals surface area contributed by atoms with Crippen LogP contribution in [0.2, 0.25) is 0 Å². The lowest BCUT2D eigenvalue weighted by atomic mass is 10.3. The minimum atomic E-state index is -0.533. The van der Waals surface area contributed by atoms with Gasteiger partial charge in [0, 0.05) is 17.5 Å². The Morgan fingerprint density at radius 2 is 2.25 bits per heavy atom. The average Bonchev–Trinajstić information content (AvgIpc) is 2.78. The summed E-state index contributed by atoms with van der Waals surface area (Å²) >= 11 is 1.48. The van der Waals surface area contributed by atoms with Crippen LogP contribution in [0.4, 0.5) is 4.39 Å². The summed E-state index contributed by atoms with van der Waals surface area (Å²) in [6.45, 7) is 0. The van der Waals surface area contributed by atoms with E-state index in [1.165, 1.54) is 11.3 Å². The van der Waals surface area contributed by atoms with E-state index in [-0.39, 0.29) is 6.42 Å². The first-order valence-electron chi connectivity index (χ1n) is 4.78. The number of pyridine rings is 1. The van der Waals surface area contributed by atoms with Gasteiger partial charge in [-0.15, -0.1) is 11.3 Å². The molecular weight excluding hydrogens is 225 g/mol. The largest absolute Gasteiger partial charge is 0.513 e. The zero-order chi connectivity index (χ0) is 11.4. The molecule has 2 rings (SSSR count). The van der Waals surface area contributed by atoms with Crippen LogP contribution in [0.3, 0.4) is 0 Å². The van der Waals surface area contributed by atoms with E-state index in [9.17, 15) is 4.39 Å². The van der Waals surface area contributed by atoms with Gasteiger partial charge in [0.15, 0.2) is 0 Å². The Bertz CT molecular complexity index is 493. The molecule has 0 aliphatic carbocycles. The maximum atomic E-state index is 12.8. The number of hydrogen-bond donors (Lipinski definition) is 1. The van der Waals surface area contributed by atoms with E-state index in [2.05, 4.69) is 4.98 Å². The summed E-state index contributed by atoms with van der Waals surface area (Å²) in [5.74, 6) is -0.533. The SMILES string of the molecule is O/C=C(\F)Cc1ccc(-c2ccccn2)s1. The van der Waals surface area contributed by atoms with Crippen LogP contribution in [-0.4, -0.2) is 10.1 Å². The number of hydrogen-bond acceptors (Lipinski definition) is 3. The Balaban J connectivity index is 2.20. The molecule has 16 heavy (non-hydrogen) atoms. The van der Waals surface area contributed by atoms with Crippen LogP contribution in [0.1, 0.15) is 4.88 Å². The van der Waals surface area contributed by atoms with Crippen molar-refractivity contribution in [1.29, 1.82) is 0 Å². The summed E-state index contributed by atoms with van der Waals surface area (Å²) < 4.78 is 12.8. The van der Waals surface area contributed by atoms with Crippen molar-refractivity contribution in [1.82, 2.24) is 4.98 Å². The lowest BCUT2D eigenvalue weighted by molar-refractivity contribution is 0.436. The molecule has 0 radical (unpaired) electrons. The van der Waals surface area contributed by atoms with Crippen molar-refractivity contribution in [3.8, 4) is 10.6 Å². The predicted octanol–water partition coefficient (Wildman–Crippen LogP) is 3.72. The first-order valence-corrected chi connectivity index (χ1v) is 5.60. The number of aliphatic hydroxyl groups excluding tert-OH is 1. The molecule has 0 amide bonds. The third-order valence-electron chi connectivity index (χ3n) is 2.06. The molecule has 0 unspecified atom stereocenters. The summed E-state index contributed by atoms with van der Waals surface area (Å²) in [5, 5.41) is 8.48. The van der Waals surface area contributed by atoms with Gasteiger partial charge in [0.25, 0.3) is 0 Å². The van der Waals surface area contributed by atoms with Gasteiger partial charge in [0.2, 0.25) is 0 Å². The Labute approximate surface area is 96.7 Å². The number of thiophene rings is 1. The van der Waals surface area contributed by atoms with E-state index in [4.69, 9.17) is 5.11 Å². The van der Waals surface area contributed by atoms with E-state index < -0.39 is 5.83 Å². The third kappa shape index (κ3) is 2.46. The molecule has 1 N–H and O–H groups in total. The first-order chi connectivity index (χ1) is 7.79. The smallest absolute Gasteiger partial charge is 0.139 e. The number of aliphatic hydroxyl groups is 1. The van der Waals surface area contributed by atoms with Crippen molar-refractivity contribution >= 4 is 11.3 Å². The maximum absolute atomic E-state index is 12.8. The quantitative estimate of drug-likeness (QED) is 0.822. The van der Waals surface area contributed by atoms with Gasteiger partial charge in [-0.1, -0.05) is 6.07 Å². The Morgan fingerprint density at radius 3 is 2.94 bits per heavy atom. The van der Waals surface area contributed by atoms with Crippen LogP contribution in [0.15, 0.2) is 48.6 Å². The van der Waals surface area contributed by atoms with Crippen molar-refractivity contribution in [2.24, 2.45) is 0 Å². The molecule has 4 heteroatoms. The highest BCUT2D eigenvalue weighted by atomic mass is 32.1. The Morgan fingerprint density at radius 1 is 1.38 bits per heavy atom. The van der Waals surface area contributed by atoms with Gasteiger partial charge >= 0.3 is 0 Å². The number of allylic oxidation sites excluding steroid dienone is 1. The van der Waals surface area contributed by atoms with Crippen molar-refractivity contribution in [3.63, 3.8) is 0 Å². The van der Waals surface area contributed by atoms with Gasteiger partial charge in [-0.2, -0.15) is 0 Å². The topological polar surface area (TPSA) is 33.1 Å². The zero-order valence-electron chi connectivity index (χ0n) is 8.43. The minimum absolute atomic E-state index is 0.133. The van der Waals surface area contributed by atoms with Gasteiger partial charge in [-0.05, 0) is 24.3 Å². The molecule has 2 aromatic rings. The molecule has 82 valence electrons. The average molecular weight is 235 g/mol. The third-order valence-corrected chi connectivity index (χ3v) is 3.17. The molecule has 0 bridgehead atoms. The Kier molecular flexibility index (Phi) is 3.31. The highest BCUT2D eigenvalue weighted by Gasteiger charge is 2.05. The lowest BCUT2D eigenvalue weighted by Crippen LogP contribution is -1.79. The van der Waals surface area contributed by atoms with Crippen LogP contribution >= 0.6 is 11.3 Å². The molecule has 0 aliphatic rings. The fourth-order valence-electron chi connectivity index (χ4n) is 1.33. The van der Waals surface area contributed by atoms with Crippen LogP contribution < -0.4 is 0 Å². The monoisotopic (exact) mass is 235 g/mol. The fourth-order valence-corrected chi connectivity index (χ4v) is 2.32. The highest BCUT2D eigenvalue weighted by molar-refractivity contribution is 7.15. The molecular formula is C12H10FNOS. The predicted molar refractivity (Wildman–Crippen MR) is 63.1 cm³/mol. The molecule has 2 heterocycles. The summed E-state index contributed by atoms with van der Waals surface area (Å²) in [6, 6.07) is 9.43. The second-order valence-electron chi connectivity index (χ2n) is 3.23. The number of rotatable bonds is 3. The molecule has 0 aliphatic heterocycles. The van der Waals surface area contributed by atoms with Crippen molar-refractivity contribution < 1.29 is 9.50 Å². The van der Waals surface area contributed by atoms with Crippen LogP contribution in [-0.2, 0) is 6.42 Å². The molecule has 0 fully saturated rings. The minimum Gasteiger partial charge on any atom is -0.513 e. The second-order valence-corrected chi connectivity index (χ2v) is 4.40. The number of halogens is 1. The number of nitrogens with zero attached hydrogens (tertiary/aromatic N) is 1. The van der Waals surface area contributed by atoms with Crippen molar-refractivity contribution in [3.05, 3.63) is 53.5 Å². The van der Waals surface area contributed by atoms with E-state index in [0.717, 1.165) is 15.4 Å². The molecule has 0 aromatic carbocycles. The molecule has 0 saturated heterocycles. The lowest BCUT2D eigenvalue weighted by Gasteiger charge is -1.94. The summed E-state index contributed by atoms with van der Waals surface area (Å²) in [7, 11) is 0. The normalized spacial score (nSPS) is 11.7. The molecule has 0 spiro atoms. The van der Waals surface area contributed by atoms with Gasteiger partial charge in [-0.3, -0.25) is 4.98 Å². The highest BCUT2D eigenvalue weighted by Crippen LogP contribution is 2.27. The zero-order valence-corrected chi connectivity index (χ0v) is 9.25. The Hall–Kier alpha value is -1.68. The van der Waals surface area contributed by atoms with Crippen LogP contribution in [0, 0.1) is 0 Å².